The minimum atomic E-state index is 0.865. The number of fused-ring (bicyclic) bond motifs is 1. The van der Waals surface area contributed by atoms with Gasteiger partial charge in [-0.1, -0.05) is 6.07 Å². The van der Waals surface area contributed by atoms with Crippen molar-refractivity contribution in [1.29, 1.82) is 0 Å². The van der Waals surface area contributed by atoms with Crippen LogP contribution in [0.3, 0.4) is 0 Å². The van der Waals surface area contributed by atoms with E-state index in [4.69, 9.17) is 9.72 Å². The van der Waals surface area contributed by atoms with E-state index in [2.05, 4.69) is 21.7 Å². The average Bonchev–Trinajstić information content (AvgIpc) is 3.16. The minimum Gasteiger partial charge on any atom is -0.497 e. The zero-order valence-corrected chi connectivity index (χ0v) is 12.5. The summed E-state index contributed by atoms with van der Waals surface area (Å²) in [4.78, 5) is 9.33. The van der Waals surface area contributed by atoms with Crippen LogP contribution >= 0.6 is 0 Å². The van der Waals surface area contributed by atoms with Crippen LogP contribution < -0.4 is 4.74 Å². The summed E-state index contributed by atoms with van der Waals surface area (Å²) in [7, 11) is 1.69. The van der Waals surface area contributed by atoms with Crippen molar-refractivity contribution in [2.24, 2.45) is 0 Å². The van der Waals surface area contributed by atoms with Crippen molar-refractivity contribution in [3.05, 3.63) is 54.5 Å². The van der Waals surface area contributed by atoms with Crippen LogP contribution in [-0.4, -0.2) is 21.6 Å². The number of ether oxygens (including phenoxy) is 1. The van der Waals surface area contributed by atoms with E-state index in [9.17, 15) is 0 Å². The number of hydrogen-bond acceptors (Lipinski definition) is 3. The van der Waals surface area contributed by atoms with Crippen LogP contribution in [0.1, 0.15) is 12.2 Å². The molecule has 1 aliphatic heterocycles. The largest absolute Gasteiger partial charge is 0.497 e. The van der Waals surface area contributed by atoms with Crippen LogP contribution in [0.25, 0.3) is 22.6 Å². The van der Waals surface area contributed by atoms with Crippen LogP contribution in [0.4, 0.5) is 0 Å². The van der Waals surface area contributed by atoms with Gasteiger partial charge in [0.05, 0.1) is 18.5 Å². The van der Waals surface area contributed by atoms with Gasteiger partial charge in [-0.25, -0.2) is 4.98 Å². The summed E-state index contributed by atoms with van der Waals surface area (Å²) in [5.41, 5.74) is 4.21. The molecule has 4 rings (SSSR count). The number of aryl methyl sites for hydroxylation is 1. The van der Waals surface area contributed by atoms with Crippen LogP contribution in [0, 0.1) is 0 Å². The van der Waals surface area contributed by atoms with E-state index in [0.29, 0.717) is 0 Å². The first-order valence-corrected chi connectivity index (χ1v) is 7.52. The molecule has 3 aromatic rings. The van der Waals surface area contributed by atoms with Crippen LogP contribution in [0.15, 0.2) is 48.7 Å². The lowest BCUT2D eigenvalue weighted by Gasteiger charge is -2.09. The molecule has 4 heteroatoms. The molecular weight excluding hydrogens is 274 g/mol. The van der Waals surface area contributed by atoms with Gasteiger partial charge < -0.3 is 9.30 Å². The van der Waals surface area contributed by atoms with Crippen molar-refractivity contribution in [3.8, 4) is 28.4 Å². The summed E-state index contributed by atoms with van der Waals surface area (Å²) in [5, 5.41) is 0. The summed E-state index contributed by atoms with van der Waals surface area (Å²) in [6.07, 6.45) is 4.02. The van der Waals surface area contributed by atoms with Crippen LogP contribution in [0.5, 0.6) is 5.75 Å². The maximum atomic E-state index is 5.26. The maximum absolute atomic E-state index is 5.26. The second kappa shape index (κ2) is 5.30. The molecule has 22 heavy (non-hydrogen) atoms. The SMILES string of the molecule is COc1ccc(-c2c(-c3ccccn3)nc3n2CCC3)cc1. The molecule has 2 aromatic heterocycles. The van der Waals surface area contributed by atoms with Gasteiger partial charge in [-0.3, -0.25) is 4.98 Å². The molecule has 0 saturated carbocycles. The Morgan fingerprint density at radius 2 is 1.95 bits per heavy atom. The predicted molar refractivity (Wildman–Crippen MR) is 85.8 cm³/mol. The van der Waals surface area contributed by atoms with Gasteiger partial charge in [0.15, 0.2) is 0 Å². The van der Waals surface area contributed by atoms with Crippen molar-refractivity contribution in [3.63, 3.8) is 0 Å². The number of pyridine rings is 1. The van der Waals surface area contributed by atoms with Gasteiger partial charge in [0, 0.05) is 24.7 Å². The van der Waals surface area contributed by atoms with E-state index in [1.165, 1.54) is 0 Å². The standard InChI is InChI=1S/C18H17N3O/c1-22-14-9-7-13(8-10-14)18-17(15-5-2-3-11-19-15)20-16-6-4-12-21(16)18/h2-3,5,7-11H,4,6,12H2,1H3. The maximum Gasteiger partial charge on any atom is 0.118 e. The van der Waals surface area contributed by atoms with Crippen molar-refractivity contribution in [1.82, 2.24) is 14.5 Å². The molecule has 0 N–H and O–H groups in total. The molecule has 0 spiro atoms. The third-order valence-corrected chi connectivity index (χ3v) is 4.10. The van der Waals surface area contributed by atoms with Gasteiger partial charge >= 0.3 is 0 Å². The molecule has 1 aliphatic rings. The quantitative estimate of drug-likeness (QED) is 0.740. The van der Waals surface area contributed by atoms with Gasteiger partial charge in [0.2, 0.25) is 0 Å². The van der Waals surface area contributed by atoms with E-state index < -0.39 is 0 Å². The molecule has 0 saturated heterocycles. The third kappa shape index (κ3) is 2.08. The van der Waals surface area contributed by atoms with E-state index in [-0.39, 0.29) is 0 Å². The molecule has 0 radical (unpaired) electrons. The fourth-order valence-corrected chi connectivity index (χ4v) is 3.05. The summed E-state index contributed by atoms with van der Waals surface area (Å²) in [6, 6.07) is 14.1. The number of rotatable bonds is 3. The zero-order chi connectivity index (χ0) is 14.9. The highest BCUT2D eigenvalue weighted by Crippen LogP contribution is 2.35. The Kier molecular flexibility index (Phi) is 3.15. The minimum absolute atomic E-state index is 0.865. The highest BCUT2D eigenvalue weighted by Gasteiger charge is 2.23. The summed E-state index contributed by atoms with van der Waals surface area (Å²) in [6.45, 7) is 1.02. The Balaban J connectivity index is 1.89. The van der Waals surface area contributed by atoms with Crippen LogP contribution in [-0.2, 0) is 13.0 Å². The molecule has 110 valence electrons. The Bertz CT molecular complexity index is 791. The highest BCUT2D eigenvalue weighted by atomic mass is 16.5. The van der Waals surface area contributed by atoms with Crippen molar-refractivity contribution >= 4 is 0 Å². The van der Waals surface area contributed by atoms with Gasteiger partial charge in [0.1, 0.15) is 17.3 Å². The molecule has 3 heterocycles. The molecule has 0 amide bonds. The molecule has 4 nitrogen and oxygen atoms in total. The normalized spacial score (nSPS) is 13.1. The number of aromatic nitrogens is 3. The Morgan fingerprint density at radius 1 is 1.09 bits per heavy atom. The molecule has 1 aromatic carbocycles. The molecule has 0 unspecified atom stereocenters. The van der Waals surface area contributed by atoms with Gasteiger partial charge in [-0.05, 0) is 42.8 Å². The second-order valence-corrected chi connectivity index (χ2v) is 5.42. The Morgan fingerprint density at radius 3 is 2.68 bits per heavy atom. The lowest BCUT2D eigenvalue weighted by molar-refractivity contribution is 0.415. The Hall–Kier alpha value is -2.62. The first-order valence-electron chi connectivity index (χ1n) is 7.52. The summed E-state index contributed by atoms with van der Waals surface area (Å²) < 4.78 is 7.58. The topological polar surface area (TPSA) is 39.9 Å². The van der Waals surface area contributed by atoms with Crippen molar-refractivity contribution in [2.75, 3.05) is 7.11 Å². The first-order chi connectivity index (χ1) is 10.9. The van der Waals surface area contributed by atoms with Gasteiger partial charge in [0.25, 0.3) is 0 Å². The summed E-state index contributed by atoms with van der Waals surface area (Å²) >= 11 is 0. The Labute approximate surface area is 129 Å². The van der Waals surface area contributed by atoms with Gasteiger partial charge in [-0.2, -0.15) is 0 Å². The number of imidazole rings is 1. The molecule has 0 fully saturated rings. The lowest BCUT2D eigenvalue weighted by atomic mass is 10.1. The molecular formula is C18H17N3O. The molecule has 0 bridgehead atoms. The summed E-state index contributed by atoms with van der Waals surface area (Å²) in [5.74, 6) is 2.02. The number of hydrogen-bond donors (Lipinski definition) is 0. The molecule has 0 aliphatic carbocycles. The van der Waals surface area contributed by atoms with E-state index in [1.54, 1.807) is 7.11 Å². The predicted octanol–water partition coefficient (Wildman–Crippen LogP) is 3.57. The van der Waals surface area contributed by atoms with E-state index >= 15 is 0 Å². The second-order valence-electron chi connectivity index (χ2n) is 5.42. The van der Waals surface area contributed by atoms with Gasteiger partial charge in [-0.15, -0.1) is 0 Å². The number of nitrogens with zero attached hydrogens (tertiary/aromatic N) is 3. The zero-order valence-electron chi connectivity index (χ0n) is 12.5. The monoisotopic (exact) mass is 291 g/mol. The van der Waals surface area contributed by atoms with E-state index in [0.717, 1.165) is 53.6 Å². The fraction of sp³-hybridized carbons (Fsp3) is 0.222. The van der Waals surface area contributed by atoms with Crippen LogP contribution in [0.2, 0.25) is 0 Å². The lowest BCUT2D eigenvalue weighted by Crippen LogP contribution is -1.96. The highest BCUT2D eigenvalue weighted by molar-refractivity contribution is 5.77. The third-order valence-electron chi connectivity index (χ3n) is 4.10. The van der Waals surface area contributed by atoms with E-state index in [1.807, 2.05) is 36.5 Å². The number of benzene rings is 1. The molecule has 0 atom stereocenters. The first kappa shape index (κ1) is 13.1. The van der Waals surface area contributed by atoms with Crippen molar-refractivity contribution in [2.45, 2.75) is 19.4 Å². The average molecular weight is 291 g/mol. The number of methoxy groups -OCH3 is 1. The smallest absolute Gasteiger partial charge is 0.118 e. The van der Waals surface area contributed by atoms with Crippen molar-refractivity contribution < 1.29 is 4.74 Å². The fourth-order valence-electron chi connectivity index (χ4n) is 3.05.